The van der Waals surface area contributed by atoms with Crippen molar-refractivity contribution in [2.24, 2.45) is 5.92 Å². The van der Waals surface area contributed by atoms with E-state index in [1.165, 1.54) is 0 Å². The van der Waals surface area contributed by atoms with Gasteiger partial charge in [0.15, 0.2) is 11.7 Å². The lowest BCUT2D eigenvalue weighted by Gasteiger charge is -2.25. The van der Waals surface area contributed by atoms with E-state index in [0.717, 1.165) is 12.8 Å². The van der Waals surface area contributed by atoms with Crippen molar-refractivity contribution in [1.29, 1.82) is 0 Å². The van der Waals surface area contributed by atoms with Crippen molar-refractivity contribution in [3.8, 4) is 0 Å². The molecule has 1 unspecified atom stereocenters. The van der Waals surface area contributed by atoms with E-state index in [1.807, 2.05) is 0 Å². The second-order valence-electron chi connectivity index (χ2n) is 3.51. The third-order valence-corrected chi connectivity index (χ3v) is 2.61. The molecule has 1 aliphatic carbocycles. The number of ether oxygens (including phenoxy) is 1. The van der Waals surface area contributed by atoms with Gasteiger partial charge in [-0.3, -0.25) is 9.59 Å². The van der Waals surface area contributed by atoms with Gasteiger partial charge in [-0.25, -0.2) is 0 Å². The van der Waals surface area contributed by atoms with Crippen molar-refractivity contribution >= 4 is 18.0 Å². The molecule has 0 spiro atoms. The minimum Gasteiger partial charge on any atom is -0.430 e. The molecule has 0 aromatic heterocycles. The van der Waals surface area contributed by atoms with Gasteiger partial charge >= 0.3 is 5.97 Å². The zero-order valence-corrected chi connectivity index (χ0v) is 7.62. The Balaban J connectivity index is 2.37. The van der Waals surface area contributed by atoms with Crippen LogP contribution in [0, 0.1) is 5.92 Å². The fraction of sp³-hybridized carbons (Fsp3) is 0.500. The van der Waals surface area contributed by atoms with Crippen LogP contribution in [0.4, 0.5) is 0 Å². The van der Waals surface area contributed by atoms with Crippen LogP contribution in [0.25, 0.3) is 0 Å². The molecule has 1 atom stereocenters. The lowest BCUT2D eigenvalue weighted by Crippen LogP contribution is -2.35. The highest BCUT2D eigenvalue weighted by Gasteiger charge is 2.38. The topological polar surface area (TPSA) is 60.4 Å². The first-order chi connectivity index (χ1) is 6.74. The molecule has 0 saturated carbocycles. The fourth-order valence-corrected chi connectivity index (χ4v) is 1.85. The first-order valence-corrected chi connectivity index (χ1v) is 4.67. The number of aldehydes is 1. The molecule has 4 nitrogen and oxygen atoms in total. The Labute approximate surface area is 80.9 Å². The van der Waals surface area contributed by atoms with Crippen molar-refractivity contribution in [2.75, 3.05) is 0 Å². The molecule has 0 saturated heterocycles. The third-order valence-electron chi connectivity index (χ3n) is 2.61. The highest BCUT2D eigenvalue weighted by Crippen LogP contribution is 2.31. The monoisotopic (exact) mass is 194 g/mol. The summed E-state index contributed by atoms with van der Waals surface area (Å²) in [5.41, 5.74) is 0.549. The van der Waals surface area contributed by atoms with Crippen molar-refractivity contribution in [3.63, 3.8) is 0 Å². The minimum absolute atomic E-state index is 0.356. The molecule has 74 valence electrons. The molecule has 0 amide bonds. The maximum atomic E-state index is 11.6. The first kappa shape index (κ1) is 9.12. The number of hydrogen-bond acceptors (Lipinski definition) is 4. The van der Waals surface area contributed by atoms with E-state index in [4.69, 9.17) is 4.74 Å². The summed E-state index contributed by atoms with van der Waals surface area (Å²) in [5, 5.41) is 0. The first-order valence-electron chi connectivity index (χ1n) is 4.67. The second-order valence-corrected chi connectivity index (χ2v) is 3.51. The van der Waals surface area contributed by atoms with E-state index < -0.39 is 11.9 Å². The molecular formula is C10H10O4. The molecule has 0 bridgehead atoms. The van der Waals surface area contributed by atoms with Crippen molar-refractivity contribution in [3.05, 3.63) is 11.3 Å². The van der Waals surface area contributed by atoms with Crippen LogP contribution in [0.15, 0.2) is 11.3 Å². The number of allylic oxidation sites excluding steroid dienone is 2. The lowest BCUT2D eigenvalue weighted by molar-refractivity contribution is -0.151. The van der Waals surface area contributed by atoms with Gasteiger partial charge in [0.05, 0.1) is 0 Å². The van der Waals surface area contributed by atoms with Crippen LogP contribution in [0.1, 0.15) is 25.7 Å². The number of carbonyl (C=O) groups is 3. The van der Waals surface area contributed by atoms with Crippen LogP contribution in [0.3, 0.4) is 0 Å². The molecule has 2 aliphatic rings. The predicted molar refractivity (Wildman–Crippen MR) is 46.1 cm³/mol. The molecule has 4 heteroatoms. The van der Waals surface area contributed by atoms with Gasteiger partial charge in [0, 0.05) is 12.0 Å². The molecule has 1 aliphatic heterocycles. The van der Waals surface area contributed by atoms with E-state index in [0.29, 0.717) is 30.5 Å². The smallest absolute Gasteiger partial charge is 0.329 e. The zero-order valence-electron chi connectivity index (χ0n) is 7.62. The maximum absolute atomic E-state index is 11.6. The Kier molecular flexibility index (Phi) is 2.19. The van der Waals surface area contributed by atoms with Crippen LogP contribution in [0.5, 0.6) is 0 Å². The van der Waals surface area contributed by atoms with Gasteiger partial charge in [0.2, 0.25) is 0 Å². The second kappa shape index (κ2) is 3.36. The van der Waals surface area contributed by atoms with Crippen LogP contribution < -0.4 is 0 Å². The van der Waals surface area contributed by atoms with Gasteiger partial charge in [-0.1, -0.05) is 0 Å². The van der Waals surface area contributed by atoms with Crippen LogP contribution in [0.2, 0.25) is 0 Å². The van der Waals surface area contributed by atoms with Crippen molar-refractivity contribution in [2.45, 2.75) is 25.7 Å². The van der Waals surface area contributed by atoms with Gasteiger partial charge in [0.25, 0.3) is 0 Å². The van der Waals surface area contributed by atoms with E-state index >= 15 is 0 Å². The summed E-state index contributed by atoms with van der Waals surface area (Å²) in [6.07, 6.45) is 3.49. The van der Waals surface area contributed by atoms with Gasteiger partial charge in [-0.2, -0.15) is 0 Å². The van der Waals surface area contributed by atoms with Gasteiger partial charge in [-0.15, -0.1) is 0 Å². The Bertz CT molecular complexity index is 340. The van der Waals surface area contributed by atoms with Crippen LogP contribution >= 0.6 is 0 Å². The van der Waals surface area contributed by atoms with Crippen molar-refractivity contribution < 1.29 is 19.1 Å². The normalized spacial score (nSPS) is 27.0. The molecule has 0 aromatic carbocycles. The molecule has 0 fully saturated rings. The molecular weight excluding hydrogens is 184 g/mol. The third kappa shape index (κ3) is 1.27. The number of Topliss-reactive ketones (excluding diaryl/α,β-unsaturated/α-hetero) is 1. The average molecular weight is 194 g/mol. The number of carbonyl (C=O) groups excluding carboxylic acids is 3. The molecule has 0 aromatic rings. The number of rotatable bonds is 1. The summed E-state index contributed by atoms with van der Waals surface area (Å²) in [6, 6.07) is 0. The quantitative estimate of drug-likeness (QED) is 0.351. The van der Waals surface area contributed by atoms with E-state index in [-0.39, 0.29) is 5.78 Å². The predicted octanol–water partition coefficient (Wildman–Crippen LogP) is 0.755. The summed E-state index contributed by atoms with van der Waals surface area (Å²) in [5.74, 6) is -1.80. The summed E-state index contributed by atoms with van der Waals surface area (Å²) in [7, 11) is 0. The summed E-state index contributed by atoms with van der Waals surface area (Å²) < 4.78 is 4.95. The molecule has 0 radical (unpaired) electrons. The van der Waals surface area contributed by atoms with Gasteiger partial charge in [-0.05, 0) is 19.3 Å². The number of ketones is 1. The summed E-state index contributed by atoms with van der Waals surface area (Å²) in [6.45, 7) is 0. The zero-order chi connectivity index (χ0) is 10.1. The number of esters is 1. The molecule has 0 N–H and O–H groups in total. The maximum Gasteiger partial charge on any atom is 0.329 e. The average Bonchev–Trinajstić information content (AvgIpc) is 2.18. The standard InChI is InChI=1S/C10H10O4/c11-5-7-9(12)6-3-1-2-4-8(6)14-10(7)13/h5,7H,1-4H2. The van der Waals surface area contributed by atoms with E-state index in [2.05, 4.69) is 0 Å². The molecule has 14 heavy (non-hydrogen) atoms. The number of hydrogen-bond donors (Lipinski definition) is 0. The SMILES string of the molecule is O=CC1C(=O)OC2=C(CCCC2)C1=O. The van der Waals surface area contributed by atoms with Crippen LogP contribution in [-0.4, -0.2) is 18.0 Å². The van der Waals surface area contributed by atoms with Crippen molar-refractivity contribution in [1.82, 2.24) is 0 Å². The Morgan fingerprint density at radius 2 is 1.93 bits per heavy atom. The molecule has 2 rings (SSSR count). The van der Waals surface area contributed by atoms with Gasteiger partial charge in [0.1, 0.15) is 12.0 Å². The highest BCUT2D eigenvalue weighted by atomic mass is 16.5. The fourth-order valence-electron chi connectivity index (χ4n) is 1.85. The van der Waals surface area contributed by atoms with Gasteiger partial charge < -0.3 is 9.53 Å². The lowest BCUT2D eigenvalue weighted by atomic mass is 9.87. The highest BCUT2D eigenvalue weighted by molar-refractivity contribution is 6.19. The van der Waals surface area contributed by atoms with E-state index in [1.54, 1.807) is 0 Å². The largest absolute Gasteiger partial charge is 0.430 e. The summed E-state index contributed by atoms with van der Waals surface area (Å²) in [4.78, 5) is 33.3. The Hall–Kier alpha value is -1.45. The Morgan fingerprint density at radius 1 is 1.21 bits per heavy atom. The minimum atomic E-state index is -1.22. The molecule has 1 heterocycles. The van der Waals surface area contributed by atoms with Crippen LogP contribution in [-0.2, 0) is 19.1 Å². The van der Waals surface area contributed by atoms with E-state index in [9.17, 15) is 14.4 Å². The Morgan fingerprint density at radius 3 is 2.64 bits per heavy atom. The summed E-state index contributed by atoms with van der Waals surface area (Å²) >= 11 is 0.